The third-order valence-electron chi connectivity index (χ3n) is 5.63. The number of aromatic amines is 1. The van der Waals surface area contributed by atoms with E-state index in [1.807, 2.05) is 30.3 Å². The molecule has 1 aromatic carbocycles. The summed E-state index contributed by atoms with van der Waals surface area (Å²) in [7, 11) is 0. The van der Waals surface area contributed by atoms with Crippen LogP contribution < -0.4 is 10.9 Å². The molecule has 0 spiro atoms. The minimum atomic E-state index is -0.168. The lowest BCUT2D eigenvalue weighted by atomic mass is 9.86. The van der Waals surface area contributed by atoms with E-state index in [1.54, 1.807) is 12.4 Å². The van der Waals surface area contributed by atoms with Crippen LogP contribution in [0.2, 0.25) is 0 Å². The first-order valence-corrected chi connectivity index (χ1v) is 10.6. The summed E-state index contributed by atoms with van der Waals surface area (Å²) in [5.41, 5.74) is 5.11. The first kappa shape index (κ1) is 20.8. The molecule has 0 unspecified atom stereocenters. The summed E-state index contributed by atoms with van der Waals surface area (Å²) < 4.78 is 0. The molecule has 158 valence electrons. The lowest BCUT2D eigenvalue weighted by Gasteiger charge is -2.20. The van der Waals surface area contributed by atoms with E-state index < -0.39 is 0 Å². The van der Waals surface area contributed by atoms with Crippen LogP contribution in [0.4, 0.5) is 0 Å². The standard InChI is InChI=1S/C26H27N3O2/c1-26(2,3)19-8-6-17(7-9-19)22(15-20-10-13-24(30)28-20)23-12-11-21(25(31)29-23)18-5-4-14-27-16-18/h4-9,11-12,14-16,20H,10,13H2,1-3H3,(H,28,30)(H,29,31)/b22-15+/t20-/m1/s1. The second-order valence-corrected chi connectivity index (χ2v) is 8.98. The van der Waals surface area contributed by atoms with Crippen molar-refractivity contribution < 1.29 is 4.79 Å². The van der Waals surface area contributed by atoms with Crippen LogP contribution in [0.25, 0.3) is 16.7 Å². The number of nitrogens with one attached hydrogen (secondary N) is 2. The quantitative estimate of drug-likeness (QED) is 0.664. The molecule has 0 radical (unpaired) electrons. The van der Waals surface area contributed by atoms with Crippen molar-refractivity contribution in [1.82, 2.24) is 15.3 Å². The number of hydrogen-bond donors (Lipinski definition) is 2. The Labute approximate surface area is 182 Å². The van der Waals surface area contributed by atoms with Crippen molar-refractivity contribution in [3.63, 3.8) is 0 Å². The molecule has 1 amide bonds. The number of pyridine rings is 2. The summed E-state index contributed by atoms with van der Waals surface area (Å²) in [5.74, 6) is 0.0594. The van der Waals surface area contributed by atoms with Crippen molar-refractivity contribution in [1.29, 1.82) is 0 Å². The van der Waals surface area contributed by atoms with Crippen LogP contribution in [0.1, 0.15) is 50.4 Å². The molecule has 0 aliphatic carbocycles. The predicted molar refractivity (Wildman–Crippen MR) is 124 cm³/mol. The Morgan fingerprint density at radius 3 is 2.42 bits per heavy atom. The van der Waals surface area contributed by atoms with Gasteiger partial charge in [-0.15, -0.1) is 0 Å². The SMILES string of the molecule is CC(C)(C)c1ccc(/C(=C\[C@H]2CCC(=O)N2)c2ccc(-c3cccnc3)c(=O)[nH]2)cc1. The van der Waals surface area contributed by atoms with E-state index in [0.29, 0.717) is 12.0 Å². The zero-order valence-corrected chi connectivity index (χ0v) is 18.1. The van der Waals surface area contributed by atoms with E-state index in [-0.39, 0.29) is 22.9 Å². The Kier molecular flexibility index (Phi) is 5.59. The first-order valence-electron chi connectivity index (χ1n) is 10.6. The molecule has 2 aromatic heterocycles. The van der Waals surface area contributed by atoms with Crippen LogP contribution in [0, 0.1) is 0 Å². The Balaban J connectivity index is 1.76. The zero-order valence-electron chi connectivity index (χ0n) is 18.1. The number of H-pyrrole nitrogens is 1. The van der Waals surface area contributed by atoms with E-state index in [1.165, 1.54) is 5.56 Å². The molecular formula is C26H27N3O2. The van der Waals surface area contributed by atoms with Gasteiger partial charge in [-0.2, -0.15) is 0 Å². The van der Waals surface area contributed by atoms with E-state index in [2.05, 4.69) is 60.3 Å². The minimum Gasteiger partial charge on any atom is -0.350 e. The van der Waals surface area contributed by atoms with Gasteiger partial charge in [0.05, 0.1) is 0 Å². The third-order valence-corrected chi connectivity index (χ3v) is 5.63. The van der Waals surface area contributed by atoms with E-state index in [9.17, 15) is 9.59 Å². The molecule has 0 saturated carbocycles. The van der Waals surface area contributed by atoms with Gasteiger partial charge in [-0.05, 0) is 41.2 Å². The van der Waals surface area contributed by atoms with Crippen molar-refractivity contribution in [2.75, 3.05) is 0 Å². The monoisotopic (exact) mass is 413 g/mol. The van der Waals surface area contributed by atoms with Gasteiger partial charge in [0.2, 0.25) is 5.91 Å². The molecule has 5 nitrogen and oxygen atoms in total. The predicted octanol–water partition coefficient (Wildman–Crippen LogP) is 4.44. The van der Waals surface area contributed by atoms with Gasteiger partial charge in [0.1, 0.15) is 0 Å². The van der Waals surface area contributed by atoms with Crippen LogP contribution in [-0.2, 0) is 10.2 Å². The molecule has 0 bridgehead atoms. The van der Waals surface area contributed by atoms with Gasteiger partial charge in [-0.25, -0.2) is 0 Å². The molecule has 2 N–H and O–H groups in total. The van der Waals surface area contributed by atoms with Crippen molar-refractivity contribution in [2.24, 2.45) is 0 Å². The van der Waals surface area contributed by atoms with Gasteiger partial charge in [0, 0.05) is 47.3 Å². The highest BCUT2D eigenvalue weighted by molar-refractivity contribution is 5.82. The Morgan fingerprint density at radius 2 is 1.84 bits per heavy atom. The number of aromatic nitrogens is 2. The van der Waals surface area contributed by atoms with Crippen molar-refractivity contribution >= 4 is 11.5 Å². The lowest BCUT2D eigenvalue weighted by Crippen LogP contribution is -2.23. The normalized spacial score (nSPS) is 16.9. The molecule has 1 saturated heterocycles. The molecule has 1 atom stereocenters. The van der Waals surface area contributed by atoms with Crippen LogP contribution in [-0.4, -0.2) is 21.9 Å². The number of benzene rings is 1. The largest absolute Gasteiger partial charge is 0.350 e. The molecule has 31 heavy (non-hydrogen) atoms. The van der Waals surface area contributed by atoms with Gasteiger partial charge in [0.25, 0.3) is 5.56 Å². The number of carbonyl (C=O) groups is 1. The second kappa shape index (κ2) is 8.34. The van der Waals surface area contributed by atoms with Crippen LogP contribution in [0.3, 0.4) is 0 Å². The topological polar surface area (TPSA) is 74.8 Å². The number of carbonyl (C=O) groups excluding carboxylic acids is 1. The highest BCUT2D eigenvalue weighted by atomic mass is 16.2. The number of rotatable bonds is 4. The van der Waals surface area contributed by atoms with Crippen LogP contribution in [0.15, 0.2) is 71.8 Å². The molecule has 3 aromatic rings. The van der Waals surface area contributed by atoms with Crippen LogP contribution in [0.5, 0.6) is 0 Å². The summed E-state index contributed by atoms with van der Waals surface area (Å²) >= 11 is 0. The average molecular weight is 414 g/mol. The summed E-state index contributed by atoms with van der Waals surface area (Å²) in [6, 6.07) is 15.8. The Bertz CT molecular complexity index is 1170. The second-order valence-electron chi connectivity index (χ2n) is 8.98. The maximum Gasteiger partial charge on any atom is 0.256 e. The van der Waals surface area contributed by atoms with Crippen LogP contribution >= 0.6 is 0 Å². The highest BCUT2D eigenvalue weighted by Crippen LogP contribution is 2.28. The van der Waals surface area contributed by atoms with Gasteiger partial charge in [0.15, 0.2) is 0 Å². The first-order chi connectivity index (χ1) is 14.8. The average Bonchev–Trinajstić information content (AvgIpc) is 3.17. The minimum absolute atomic E-state index is 0.0497. The van der Waals surface area contributed by atoms with Gasteiger partial charge >= 0.3 is 0 Å². The summed E-state index contributed by atoms with van der Waals surface area (Å²) in [5, 5.41) is 3.00. The summed E-state index contributed by atoms with van der Waals surface area (Å²) in [6.07, 6.45) is 6.69. The molecule has 4 rings (SSSR count). The van der Waals surface area contributed by atoms with E-state index >= 15 is 0 Å². The Morgan fingerprint density at radius 1 is 1.06 bits per heavy atom. The fraction of sp³-hybridized carbons (Fsp3) is 0.269. The summed E-state index contributed by atoms with van der Waals surface area (Å²) in [6.45, 7) is 6.55. The smallest absolute Gasteiger partial charge is 0.256 e. The number of amides is 1. The molecule has 1 aliphatic rings. The molecular weight excluding hydrogens is 386 g/mol. The van der Waals surface area contributed by atoms with Gasteiger partial charge in [-0.1, -0.05) is 57.2 Å². The van der Waals surface area contributed by atoms with E-state index in [0.717, 1.165) is 28.8 Å². The molecule has 1 fully saturated rings. The van der Waals surface area contributed by atoms with Crippen molar-refractivity contribution in [3.05, 3.63) is 94.2 Å². The maximum absolute atomic E-state index is 12.9. The van der Waals surface area contributed by atoms with E-state index in [4.69, 9.17) is 0 Å². The molecule has 1 aliphatic heterocycles. The number of hydrogen-bond acceptors (Lipinski definition) is 3. The third kappa shape index (κ3) is 4.66. The highest BCUT2D eigenvalue weighted by Gasteiger charge is 2.21. The number of nitrogens with zero attached hydrogens (tertiary/aromatic N) is 1. The fourth-order valence-electron chi connectivity index (χ4n) is 3.84. The van der Waals surface area contributed by atoms with Gasteiger partial charge in [-0.3, -0.25) is 14.6 Å². The fourth-order valence-corrected chi connectivity index (χ4v) is 3.84. The van der Waals surface area contributed by atoms with Crippen molar-refractivity contribution in [3.8, 4) is 11.1 Å². The molecule has 5 heteroatoms. The van der Waals surface area contributed by atoms with Gasteiger partial charge < -0.3 is 10.3 Å². The summed E-state index contributed by atoms with van der Waals surface area (Å²) in [4.78, 5) is 31.7. The lowest BCUT2D eigenvalue weighted by molar-refractivity contribution is -0.119. The Hall–Kier alpha value is -3.47. The maximum atomic E-state index is 12.9. The zero-order chi connectivity index (χ0) is 22.0. The van der Waals surface area contributed by atoms with Crippen molar-refractivity contribution in [2.45, 2.75) is 45.1 Å². The molecule has 3 heterocycles.